The monoisotopic (exact) mass is 589 g/mol. The SMILES string of the molecule is C=C/C(=C\C=C(/C)N(c1ccc(-c2cccc3ccccc23)cc1)c1ccc(-c2cccc3ccccc23)cc1)c1ccccc1. The van der Waals surface area contributed by atoms with Crippen molar-refractivity contribution < 1.29 is 0 Å². The summed E-state index contributed by atoms with van der Waals surface area (Å²) in [6.07, 6.45) is 6.25. The standard InChI is InChI=1S/C45H35N/c1-3-34(35-13-5-4-6-14-35)24-23-33(2)46(40-29-25-38(26-30-40)44-21-11-17-36-15-7-9-19-42(36)44)41-31-27-39(28-32-41)45-22-12-18-37-16-8-10-20-43(37)45/h3-32H,1H2,2H3/b33-23+,34-24+. The first-order chi connectivity index (χ1) is 22.7. The molecule has 0 fully saturated rings. The van der Waals surface area contributed by atoms with E-state index in [1.54, 1.807) is 0 Å². The van der Waals surface area contributed by atoms with Crippen molar-refractivity contribution in [3.63, 3.8) is 0 Å². The van der Waals surface area contributed by atoms with Crippen molar-refractivity contribution in [2.75, 3.05) is 4.90 Å². The van der Waals surface area contributed by atoms with Crippen LogP contribution in [0.1, 0.15) is 12.5 Å². The van der Waals surface area contributed by atoms with Crippen LogP contribution in [0.25, 0.3) is 49.4 Å². The lowest BCUT2D eigenvalue weighted by atomic mass is 9.97. The van der Waals surface area contributed by atoms with Gasteiger partial charge in [-0.05, 0) is 92.2 Å². The molecule has 0 bridgehead atoms. The summed E-state index contributed by atoms with van der Waals surface area (Å²) in [5.41, 5.74) is 10.4. The molecule has 0 atom stereocenters. The third-order valence-corrected chi connectivity index (χ3v) is 8.64. The number of benzene rings is 7. The highest BCUT2D eigenvalue weighted by atomic mass is 15.1. The molecular weight excluding hydrogens is 555 g/mol. The van der Waals surface area contributed by atoms with E-state index in [0.29, 0.717) is 0 Å². The van der Waals surface area contributed by atoms with Crippen LogP contribution in [-0.4, -0.2) is 0 Å². The molecule has 0 heterocycles. The van der Waals surface area contributed by atoms with Gasteiger partial charge in [-0.15, -0.1) is 0 Å². The first-order valence-electron chi connectivity index (χ1n) is 15.7. The zero-order chi connectivity index (χ0) is 31.3. The molecule has 7 aromatic carbocycles. The number of fused-ring (bicyclic) bond motifs is 2. The second kappa shape index (κ2) is 13.0. The van der Waals surface area contributed by atoms with E-state index in [0.717, 1.165) is 28.2 Å². The van der Waals surface area contributed by atoms with Crippen LogP contribution in [0.15, 0.2) is 194 Å². The lowest BCUT2D eigenvalue weighted by Gasteiger charge is -2.26. The number of nitrogens with zero attached hydrogens (tertiary/aromatic N) is 1. The van der Waals surface area contributed by atoms with Crippen molar-refractivity contribution in [2.45, 2.75) is 6.92 Å². The van der Waals surface area contributed by atoms with Gasteiger partial charge in [0.05, 0.1) is 0 Å². The summed E-state index contributed by atoms with van der Waals surface area (Å²) in [4.78, 5) is 2.32. The molecule has 0 N–H and O–H groups in total. The van der Waals surface area contributed by atoms with E-state index < -0.39 is 0 Å². The molecule has 0 saturated carbocycles. The molecule has 220 valence electrons. The maximum Gasteiger partial charge on any atom is 0.0458 e. The Labute approximate surface area is 271 Å². The summed E-state index contributed by atoms with van der Waals surface area (Å²) in [6.45, 7) is 6.25. The van der Waals surface area contributed by atoms with Crippen molar-refractivity contribution in [3.8, 4) is 22.3 Å². The van der Waals surface area contributed by atoms with Gasteiger partial charge in [0.1, 0.15) is 0 Å². The van der Waals surface area contributed by atoms with Crippen LogP contribution in [0, 0.1) is 0 Å². The summed E-state index contributed by atoms with van der Waals surface area (Å²) in [5.74, 6) is 0. The average Bonchev–Trinajstić information content (AvgIpc) is 3.12. The van der Waals surface area contributed by atoms with E-state index in [4.69, 9.17) is 0 Å². The van der Waals surface area contributed by atoms with Crippen LogP contribution in [0.4, 0.5) is 11.4 Å². The minimum Gasteiger partial charge on any atom is -0.315 e. The fourth-order valence-corrected chi connectivity index (χ4v) is 6.29. The molecule has 46 heavy (non-hydrogen) atoms. The zero-order valence-electron chi connectivity index (χ0n) is 26.0. The predicted molar refractivity (Wildman–Crippen MR) is 199 cm³/mol. The van der Waals surface area contributed by atoms with E-state index >= 15 is 0 Å². The number of hydrogen-bond acceptors (Lipinski definition) is 1. The molecule has 0 spiro atoms. The van der Waals surface area contributed by atoms with Gasteiger partial charge in [-0.1, -0.05) is 158 Å². The van der Waals surface area contributed by atoms with E-state index in [1.807, 2.05) is 12.1 Å². The normalized spacial score (nSPS) is 11.9. The minimum absolute atomic E-state index is 1.08. The molecular formula is C45H35N. The van der Waals surface area contributed by atoms with Crippen molar-refractivity contribution in [1.82, 2.24) is 0 Å². The first-order valence-corrected chi connectivity index (χ1v) is 15.7. The Balaban J connectivity index is 1.29. The van der Waals surface area contributed by atoms with Crippen molar-refractivity contribution in [1.29, 1.82) is 0 Å². The highest BCUT2D eigenvalue weighted by Crippen LogP contribution is 2.36. The van der Waals surface area contributed by atoms with Crippen molar-refractivity contribution >= 4 is 38.5 Å². The van der Waals surface area contributed by atoms with Crippen LogP contribution in [-0.2, 0) is 0 Å². The third-order valence-electron chi connectivity index (χ3n) is 8.64. The zero-order valence-corrected chi connectivity index (χ0v) is 26.0. The minimum atomic E-state index is 1.08. The summed E-state index contributed by atoms with van der Waals surface area (Å²) >= 11 is 0. The Morgan fingerprint density at radius 3 is 1.43 bits per heavy atom. The second-order valence-corrected chi connectivity index (χ2v) is 11.5. The highest BCUT2D eigenvalue weighted by Gasteiger charge is 2.14. The lowest BCUT2D eigenvalue weighted by molar-refractivity contribution is 1.16. The molecule has 0 aliphatic rings. The van der Waals surface area contributed by atoms with Gasteiger partial charge in [-0.25, -0.2) is 0 Å². The first kappa shape index (κ1) is 28.8. The van der Waals surface area contributed by atoms with Gasteiger partial charge in [0, 0.05) is 17.1 Å². The van der Waals surface area contributed by atoms with Gasteiger partial charge in [0.15, 0.2) is 0 Å². The molecule has 7 rings (SSSR count). The highest BCUT2D eigenvalue weighted by molar-refractivity contribution is 5.98. The molecule has 0 aromatic heterocycles. The lowest BCUT2D eigenvalue weighted by Crippen LogP contribution is -2.14. The topological polar surface area (TPSA) is 3.24 Å². The van der Waals surface area contributed by atoms with Crippen LogP contribution < -0.4 is 4.90 Å². The molecule has 1 nitrogen and oxygen atoms in total. The Bertz CT molecular complexity index is 2070. The van der Waals surface area contributed by atoms with E-state index in [2.05, 4.69) is 188 Å². The molecule has 0 aliphatic carbocycles. The van der Waals surface area contributed by atoms with Crippen LogP contribution in [0.3, 0.4) is 0 Å². The second-order valence-electron chi connectivity index (χ2n) is 11.5. The van der Waals surface area contributed by atoms with E-state index in [-0.39, 0.29) is 0 Å². The van der Waals surface area contributed by atoms with Gasteiger partial charge in [0.2, 0.25) is 0 Å². The van der Waals surface area contributed by atoms with Gasteiger partial charge >= 0.3 is 0 Å². The summed E-state index contributed by atoms with van der Waals surface area (Å²) in [5, 5.41) is 5.02. The third kappa shape index (κ3) is 5.79. The van der Waals surface area contributed by atoms with Gasteiger partial charge in [-0.2, -0.15) is 0 Å². The number of rotatable bonds is 8. The summed E-state index contributed by atoms with van der Waals surface area (Å²) in [7, 11) is 0. The van der Waals surface area contributed by atoms with Crippen molar-refractivity contribution in [3.05, 3.63) is 200 Å². The number of allylic oxidation sites excluding steroid dienone is 5. The Kier molecular flexibility index (Phi) is 8.13. The molecule has 0 aliphatic heterocycles. The number of anilines is 2. The fourth-order valence-electron chi connectivity index (χ4n) is 6.29. The fraction of sp³-hybridized carbons (Fsp3) is 0.0222. The molecule has 0 radical (unpaired) electrons. The van der Waals surface area contributed by atoms with E-state index in [9.17, 15) is 0 Å². The van der Waals surface area contributed by atoms with Crippen molar-refractivity contribution in [2.24, 2.45) is 0 Å². The Morgan fingerprint density at radius 1 is 0.478 bits per heavy atom. The van der Waals surface area contributed by atoms with Crippen LogP contribution >= 0.6 is 0 Å². The van der Waals surface area contributed by atoms with Gasteiger partial charge in [-0.3, -0.25) is 0 Å². The van der Waals surface area contributed by atoms with Gasteiger partial charge < -0.3 is 4.90 Å². The molecule has 0 saturated heterocycles. The maximum atomic E-state index is 4.09. The van der Waals surface area contributed by atoms with Gasteiger partial charge in [0.25, 0.3) is 0 Å². The predicted octanol–water partition coefficient (Wildman–Crippen LogP) is 12.6. The Hall–Kier alpha value is -5.92. The smallest absolute Gasteiger partial charge is 0.0458 e. The average molecular weight is 590 g/mol. The summed E-state index contributed by atoms with van der Waals surface area (Å²) < 4.78 is 0. The number of hydrogen-bond donors (Lipinski definition) is 0. The largest absolute Gasteiger partial charge is 0.315 e. The molecule has 0 amide bonds. The molecule has 1 heteroatoms. The van der Waals surface area contributed by atoms with Crippen LogP contribution in [0.5, 0.6) is 0 Å². The van der Waals surface area contributed by atoms with E-state index in [1.165, 1.54) is 43.8 Å². The quantitative estimate of drug-likeness (QED) is 0.159. The maximum absolute atomic E-state index is 4.09. The van der Waals surface area contributed by atoms with Crippen LogP contribution in [0.2, 0.25) is 0 Å². The summed E-state index contributed by atoms with van der Waals surface area (Å²) in [6, 6.07) is 58.4. The molecule has 0 unspecified atom stereocenters. The Morgan fingerprint density at radius 2 is 0.935 bits per heavy atom. The molecule has 7 aromatic rings.